The van der Waals surface area contributed by atoms with Crippen LogP contribution in [-0.2, 0) is 9.59 Å². The van der Waals surface area contributed by atoms with E-state index in [1.807, 2.05) is 0 Å². The molecule has 0 unspecified atom stereocenters. The molecule has 1 rings (SSSR count). The summed E-state index contributed by atoms with van der Waals surface area (Å²) in [6.45, 7) is 2.24. The third kappa shape index (κ3) is 11.7. The molecule has 0 saturated heterocycles. The van der Waals surface area contributed by atoms with Gasteiger partial charge in [0.25, 0.3) is 0 Å². The molecule has 0 radical (unpaired) electrons. The van der Waals surface area contributed by atoms with E-state index in [4.69, 9.17) is 10.5 Å². The number of esters is 1. The van der Waals surface area contributed by atoms with Crippen LogP contribution in [-0.4, -0.2) is 11.8 Å². The van der Waals surface area contributed by atoms with Gasteiger partial charge in [0, 0.05) is 18.5 Å². The number of Topliss-reactive ketones (excluding diaryl/α,β-unsaturated/α-hetero) is 1. The summed E-state index contributed by atoms with van der Waals surface area (Å²) in [6, 6.07) is 6.66. The summed E-state index contributed by atoms with van der Waals surface area (Å²) in [5, 5.41) is 0. The highest BCUT2D eigenvalue weighted by molar-refractivity contribution is 5.83. The summed E-state index contributed by atoms with van der Waals surface area (Å²) in [7, 11) is 0. The summed E-state index contributed by atoms with van der Waals surface area (Å²) in [6.07, 6.45) is 13.5. The molecular formula is C22H35NO3. The fraction of sp³-hybridized carbons (Fsp3) is 0.636. The number of hydrogen-bond donors (Lipinski definition) is 1. The minimum absolute atomic E-state index is 0.140. The van der Waals surface area contributed by atoms with Crippen LogP contribution in [0, 0.1) is 0 Å². The van der Waals surface area contributed by atoms with E-state index >= 15 is 0 Å². The number of ether oxygens (including phenoxy) is 1. The molecule has 0 aliphatic heterocycles. The highest BCUT2D eigenvalue weighted by atomic mass is 16.5. The number of carbonyl (C=O) groups is 2. The smallest absolute Gasteiger partial charge is 0.311 e. The molecule has 0 saturated carbocycles. The van der Waals surface area contributed by atoms with E-state index in [1.54, 1.807) is 24.3 Å². The lowest BCUT2D eigenvalue weighted by Gasteiger charge is -2.05. The number of unbranched alkanes of at least 4 members (excludes halogenated alkanes) is 9. The molecule has 1 aromatic rings. The maximum Gasteiger partial charge on any atom is 0.311 e. The van der Waals surface area contributed by atoms with Gasteiger partial charge in [-0.25, -0.2) is 0 Å². The fourth-order valence-electron chi connectivity index (χ4n) is 2.89. The van der Waals surface area contributed by atoms with Crippen LogP contribution in [0.2, 0.25) is 0 Å². The first kappa shape index (κ1) is 22.2. The monoisotopic (exact) mass is 361 g/mol. The van der Waals surface area contributed by atoms with Gasteiger partial charge in [-0.2, -0.15) is 0 Å². The Bertz CT molecular complexity index is 511. The lowest BCUT2D eigenvalue weighted by Crippen LogP contribution is -2.10. The average Bonchev–Trinajstić information content (AvgIpc) is 2.63. The van der Waals surface area contributed by atoms with Crippen LogP contribution in [0.3, 0.4) is 0 Å². The Morgan fingerprint density at radius 1 is 0.769 bits per heavy atom. The van der Waals surface area contributed by atoms with Gasteiger partial charge in [-0.05, 0) is 30.7 Å². The quantitative estimate of drug-likeness (QED) is 0.184. The third-order valence-electron chi connectivity index (χ3n) is 4.53. The van der Waals surface area contributed by atoms with Crippen LogP contribution in [0.25, 0.3) is 0 Å². The number of hydrogen-bond acceptors (Lipinski definition) is 4. The fourth-order valence-corrected chi connectivity index (χ4v) is 2.89. The molecule has 4 nitrogen and oxygen atoms in total. The molecule has 0 aromatic heterocycles. The third-order valence-corrected chi connectivity index (χ3v) is 4.53. The molecule has 0 aliphatic rings. The van der Waals surface area contributed by atoms with E-state index in [-0.39, 0.29) is 24.6 Å². The van der Waals surface area contributed by atoms with E-state index in [1.165, 1.54) is 51.4 Å². The highest BCUT2D eigenvalue weighted by Gasteiger charge is 2.09. The van der Waals surface area contributed by atoms with E-state index in [9.17, 15) is 9.59 Å². The molecule has 26 heavy (non-hydrogen) atoms. The van der Waals surface area contributed by atoms with E-state index in [0.717, 1.165) is 12.8 Å². The first-order valence-corrected chi connectivity index (χ1v) is 10.2. The Balaban J connectivity index is 1.96. The van der Waals surface area contributed by atoms with E-state index in [0.29, 0.717) is 17.9 Å². The Kier molecular flexibility index (Phi) is 12.2. The predicted octanol–water partition coefficient (Wildman–Crippen LogP) is 5.83. The highest BCUT2D eigenvalue weighted by Crippen LogP contribution is 2.15. The second-order valence-electron chi connectivity index (χ2n) is 7.01. The van der Waals surface area contributed by atoms with Crippen LogP contribution < -0.4 is 10.5 Å². The number of nitrogens with two attached hydrogens (primary N) is 1. The van der Waals surface area contributed by atoms with Gasteiger partial charge >= 0.3 is 5.97 Å². The van der Waals surface area contributed by atoms with Crippen LogP contribution in [0.4, 0.5) is 5.69 Å². The van der Waals surface area contributed by atoms with Crippen molar-refractivity contribution in [2.24, 2.45) is 0 Å². The molecule has 0 aliphatic carbocycles. The van der Waals surface area contributed by atoms with Crippen molar-refractivity contribution >= 4 is 17.4 Å². The molecular weight excluding hydrogens is 326 g/mol. The van der Waals surface area contributed by atoms with Crippen molar-refractivity contribution in [2.45, 2.75) is 90.4 Å². The lowest BCUT2D eigenvalue weighted by atomic mass is 10.0. The lowest BCUT2D eigenvalue weighted by molar-refractivity contribution is -0.136. The molecule has 4 heteroatoms. The van der Waals surface area contributed by atoms with Crippen molar-refractivity contribution in [3.05, 3.63) is 24.3 Å². The van der Waals surface area contributed by atoms with Gasteiger partial charge in [-0.15, -0.1) is 0 Å². The van der Waals surface area contributed by atoms with Gasteiger partial charge in [0.15, 0.2) is 0 Å². The summed E-state index contributed by atoms with van der Waals surface area (Å²) in [4.78, 5) is 23.6. The largest absolute Gasteiger partial charge is 0.427 e. The number of ketones is 1. The average molecular weight is 362 g/mol. The Morgan fingerprint density at radius 3 is 1.88 bits per heavy atom. The van der Waals surface area contributed by atoms with Gasteiger partial charge in [0.2, 0.25) is 0 Å². The maximum absolute atomic E-state index is 11.9. The van der Waals surface area contributed by atoms with Gasteiger partial charge in [0.1, 0.15) is 11.5 Å². The van der Waals surface area contributed by atoms with Crippen molar-refractivity contribution in [2.75, 3.05) is 5.73 Å². The van der Waals surface area contributed by atoms with Gasteiger partial charge < -0.3 is 10.5 Å². The summed E-state index contributed by atoms with van der Waals surface area (Å²) in [5.74, 6) is 0.247. The number of rotatable bonds is 15. The van der Waals surface area contributed by atoms with Crippen molar-refractivity contribution in [3.8, 4) is 5.75 Å². The van der Waals surface area contributed by atoms with E-state index < -0.39 is 0 Å². The molecule has 0 heterocycles. The topological polar surface area (TPSA) is 69.4 Å². The SMILES string of the molecule is CCCCCCCCCCCCC(=O)CCC(=O)Oc1ccc(N)cc1. The Labute approximate surface area is 158 Å². The summed E-state index contributed by atoms with van der Waals surface area (Å²) >= 11 is 0. The second kappa shape index (κ2) is 14.3. The molecule has 0 bridgehead atoms. The van der Waals surface area contributed by atoms with Crippen molar-refractivity contribution < 1.29 is 14.3 Å². The van der Waals surface area contributed by atoms with Crippen molar-refractivity contribution in [3.63, 3.8) is 0 Å². The molecule has 0 atom stereocenters. The molecule has 2 N–H and O–H groups in total. The standard InChI is InChI=1S/C22H35NO3/c1-2-3-4-5-6-7-8-9-10-11-12-20(24)15-18-22(25)26-21-16-13-19(23)14-17-21/h13-14,16-17H,2-12,15,18,23H2,1H3. The minimum atomic E-state index is -0.369. The normalized spacial score (nSPS) is 10.7. The second-order valence-corrected chi connectivity index (χ2v) is 7.01. The zero-order chi connectivity index (χ0) is 19.0. The van der Waals surface area contributed by atoms with E-state index in [2.05, 4.69) is 6.92 Å². The number of nitrogen functional groups attached to an aromatic ring is 1. The predicted molar refractivity (Wildman–Crippen MR) is 107 cm³/mol. The van der Waals surface area contributed by atoms with Crippen LogP contribution in [0.1, 0.15) is 90.4 Å². The van der Waals surface area contributed by atoms with Gasteiger partial charge in [-0.1, -0.05) is 64.7 Å². The number of carbonyl (C=O) groups excluding carboxylic acids is 2. The zero-order valence-electron chi connectivity index (χ0n) is 16.3. The van der Waals surface area contributed by atoms with Crippen LogP contribution >= 0.6 is 0 Å². The van der Waals surface area contributed by atoms with Gasteiger partial charge in [-0.3, -0.25) is 9.59 Å². The molecule has 0 fully saturated rings. The summed E-state index contributed by atoms with van der Waals surface area (Å²) in [5.41, 5.74) is 6.20. The Hall–Kier alpha value is -1.84. The minimum Gasteiger partial charge on any atom is -0.427 e. The summed E-state index contributed by atoms with van der Waals surface area (Å²) < 4.78 is 5.18. The first-order chi connectivity index (χ1) is 12.6. The molecule has 146 valence electrons. The van der Waals surface area contributed by atoms with Crippen molar-refractivity contribution in [1.29, 1.82) is 0 Å². The molecule has 1 aromatic carbocycles. The maximum atomic E-state index is 11.9. The zero-order valence-corrected chi connectivity index (χ0v) is 16.3. The number of anilines is 1. The molecule has 0 spiro atoms. The Morgan fingerprint density at radius 2 is 1.31 bits per heavy atom. The molecule has 0 amide bonds. The van der Waals surface area contributed by atoms with Crippen molar-refractivity contribution in [1.82, 2.24) is 0 Å². The first-order valence-electron chi connectivity index (χ1n) is 10.2. The number of benzene rings is 1. The van der Waals surface area contributed by atoms with Crippen LogP contribution in [0.5, 0.6) is 5.75 Å². The van der Waals surface area contributed by atoms with Crippen LogP contribution in [0.15, 0.2) is 24.3 Å². The van der Waals surface area contributed by atoms with Gasteiger partial charge in [0.05, 0.1) is 6.42 Å².